The number of rotatable bonds is 5. The van der Waals surface area contributed by atoms with Crippen molar-refractivity contribution in [3.63, 3.8) is 0 Å². The standard InChI is InChI=1S/C15H20ClFO3S/c1-21(18,19)20-9-8-11-2-4-12(5-3-11)14-7-6-13(17)10-15(14)16/h6-7,10-12H,2-5,8-9H2,1H3. The third-order valence-electron chi connectivity index (χ3n) is 4.07. The summed E-state index contributed by atoms with van der Waals surface area (Å²) in [5, 5.41) is 0.499. The van der Waals surface area contributed by atoms with Crippen molar-refractivity contribution in [1.29, 1.82) is 0 Å². The van der Waals surface area contributed by atoms with Gasteiger partial charge in [0.1, 0.15) is 5.82 Å². The van der Waals surface area contributed by atoms with E-state index in [1.807, 2.05) is 0 Å². The Hall–Kier alpha value is -0.650. The average Bonchev–Trinajstić information content (AvgIpc) is 2.38. The fourth-order valence-corrected chi connectivity index (χ4v) is 3.68. The van der Waals surface area contributed by atoms with Crippen molar-refractivity contribution >= 4 is 21.7 Å². The minimum Gasteiger partial charge on any atom is -0.270 e. The molecule has 1 fully saturated rings. The van der Waals surface area contributed by atoms with Gasteiger partial charge in [0.25, 0.3) is 10.1 Å². The van der Waals surface area contributed by atoms with Crippen molar-refractivity contribution in [2.24, 2.45) is 5.92 Å². The van der Waals surface area contributed by atoms with Gasteiger partial charge in [-0.25, -0.2) is 4.39 Å². The van der Waals surface area contributed by atoms with Crippen molar-refractivity contribution in [1.82, 2.24) is 0 Å². The van der Waals surface area contributed by atoms with Crippen molar-refractivity contribution < 1.29 is 17.0 Å². The molecular formula is C15H20ClFO3S. The van der Waals surface area contributed by atoms with E-state index in [1.165, 1.54) is 12.1 Å². The first-order chi connectivity index (χ1) is 9.85. The van der Waals surface area contributed by atoms with Crippen LogP contribution in [0.4, 0.5) is 4.39 Å². The van der Waals surface area contributed by atoms with E-state index in [4.69, 9.17) is 15.8 Å². The molecule has 0 heterocycles. The molecular weight excluding hydrogens is 315 g/mol. The average molecular weight is 335 g/mol. The molecule has 0 bridgehead atoms. The summed E-state index contributed by atoms with van der Waals surface area (Å²) in [4.78, 5) is 0. The number of hydrogen-bond donors (Lipinski definition) is 0. The molecule has 21 heavy (non-hydrogen) atoms. The van der Waals surface area contributed by atoms with E-state index in [0.717, 1.165) is 43.9 Å². The molecule has 0 spiro atoms. The molecule has 0 unspecified atom stereocenters. The van der Waals surface area contributed by atoms with Crippen LogP contribution < -0.4 is 0 Å². The predicted octanol–water partition coefficient (Wildman–Crippen LogP) is 4.12. The van der Waals surface area contributed by atoms with Gasteiger partial charge in [0.2, 0.25) is 0 Å². The smallest absolute Gasteiger partial charge is 0.264 e. The van der Waals surface area contributed by atoms with E-state index < -0.39 is 10.1 Å². The van der Waals surface area contributed by atoms with E-state index in [1.54, 1.807) is 6.07 Å². The first-order valence-electron chi connectivity index (χ1n) is 7.14. The maximum absolute atomic E-state index is 13.1. The van der Waals surface area contributed by atoms with Gasteiger partial charge in [-0.1, -0.05) is 17.7 Å². The van der Waals surface area contributed by atoms with E-state index >= 15 is 0 Å². The summed E-state index contributed by atoms with van der Waals surface area (Å²) in [6.07, 6.45) is 5.86. The van der Waals surface area contributed by atoms with Gasteiger partial charge in [-0.15, -0.1) is 0 Å². The van der Waals surface area contributed by atoms with Crippen molar-refractivity contribution in [2.45, 2.75) is 38.0 Å². The lowest BCUT2D eigenvalue weighted by Gasteiger charge is -2.29. The third kappa shape index (κ3) is 5.24. The summed E-state index contributed by atoms with van der Waals surface area (Å²) < 4.78 is 39.7. The van der Waals surface area contributed by atoms with Crippen LogP contribution in [0.5, 0.6) is 0 Å². The lowest BCUT2D eigenvalue weighted by molar-refractivity contribution is 0.242. The largest absolute Gasteiger partial charge is 0.270 e. The monoisotopic (exact) mass is 334 g/mol. The van der Waals surface area contributed by atoms with Crippen LogP contribution in [-0.2, 0) is 14.3 Å². The second-order valence-corrected chi connectivity index (χ2v) is 7.75. The molecule has 118 valence electrons. The molecule has 1 aromatic carbocycles. The molecule has 1 aromatic rings. The minimum absolute atomic E-state index is 0.255. The van der Waals surface area contributed by atoms with E-state index in [2.05, 4.69) is 0 Å². The first-order valence-corrected chi connectivity index (χ1v) is 9.34. The van der Waals surface area contributed by atoms with Crippen LogP contribution in [0.25, 0.3) is 0 Å². The Balaban J connectivity index is 1.83. The molecule has 0 saturated heterocycles. The highest BCUT2D eigenvalue weighted by molar-refractivity contribution is 7.85. The molecule has 1 aliphatic carbocycles. The summed E-state index contributed by atoms with van der Waals surface area (Å²) in [5.74, 6) is 0.544. The summed E-state index contributed by atoms with van der Waals surface area (Å²) in [6.45, 7) is 0.255. The molecule has 2 rings (SSSR count). The number of hydrogen-bond acceptors (Lipinski definition) is 3. The van der Waals surface area contributed by atoms with Crippen molar-refractivity contribution in [3.05, 3.63) is 34.6 Å². The van der Waals surface area contributed by atoms with Crippen LogP contribution in [0.1, 0.15) is 43.6 Å². The Morgan fingerprint density at radius 3 is 2.52 bits per heavy atom. The number of halogens is 2. The fourth-order valence-electron chi connectivity index (χ4n) is 2.96. The Bertz CT molecular complexity index is 581. The van der Waals surface area contributed by atoms with Gasteiger partial charge >= 0.3 is 0 Å². The summed E-state index contributed by atoms with van der Waals surface area (Å²) in [7, 11) is -3.34. The summed E-state index contributed by atoms with van der Waals surface area (Å²) in [5.41, 5.74) is 1.02. The maximum Gasteiger partial charge on any atom is 0.264 e. The molecule has 1 aliphatic rings. The molecule has 0 radical (unpaired) electrons. The maximum atomic E-state index is 13.1. The second-order valence-electron chi connectivity index (χ2n) is 5.70. The highest BCUT2D eigenvalue weighted by Crippen LogP contribution is 2.39. The topological polar surface area (TPSA) is 43.4 Å². The van der Waals surface area contributed by atoms with Crippen LogP contribution in [0.15, 0.2) is 18.2 Å². The van der Waals surface area contributed by atoms with Gasteiger partial charge < -0.3 is 0 Å². The zero-order valence-corrected chi connectivity index (χ0v) is 13.6. The van der Waals surface area contributed by atoms with Crippen molar-refractivity contribution in [2.75, 3.05) is 12.9 Å². The van der Waals surface area contributed by atoms with Crippen LogP contribution in [0.3, 0.4) is 0 Å². The Kier molecular flexibility index (Phi) is 5.63. The zero-order valence-electron chi connectivity index (χ0n) is 12.0. The second kappa shape index (κ2) is 7.07. The van der Waals surface area contributed by atoms with Crippen molar-refractivity contribution in [3.8, 4) is 0 Å². The first kappa shape index (κ1) is 16.7. The zero-order chi connectivity index (χ0) is 15.5. The van der Waals surface area contributed by atoms with E-state index in [0.29, 0.717) is 16.9 Å². The molecule has 1 saturated carbocycles. The van der Waals surface area contributed by atoms with Crippen LogP contribution in [-0.4, -0.2) is 21.3 Å². The van der Waals surface area contributed by atoms with Crippen LogP contribution in [0, 0.1) is 11.7 Å². The van der Waals surface area contributed by atoms with E-state index in [9.17, 15) is 12.8 Å². The highest BCUT2D eigenvalue weighted by Gasteiger charge is 2.24. The SMILES string of the molecule is CS(=O)(=O)OCCC1CCC(c2ccc(F)cc2Cl)CC1. The minimum atomic E-state index is -3.34. The highest BCUT2D eigenvalue weighted by atomic mass is 35.5. The normalized spacial score (nSPS) is 23.2. The van der Waals surface area contributed by atoms with Gasteiger partial charge in [0, 0.05) is 5.02 Å². The predicted molar refractivity (Wildman–Crippen MR) is 81.5 cm³/mol. The summed E-state index contributed by atoms with van der Waals surface area (Å²) in [6, 6.07) is 4.59. The Morgan fingerprint density at radius 2 is 1.95 bits per heavy atom. The molecule has 3 nitrogen and oxygen atoms in total. The van der Waals surface area contributed by atoms with Gasteiger partial charge in [-0.2, -0.15) is 8.42 Å². The van der Waals surface area contributed by atoms with E-state index in [-0.39, 0.29) is 12.4 Å². The Morgan fingerprint density at radius 1 is 1.29 bits per heavy atom. The molecule has 6 heteroatoms. The Labute approximate surface area is 130 Å². The third-order valence-corrected chi connectivity index (χ3v) is 4.99. The molecule has 0 atom stereocenters. The molecule has 0 N–H and O–H groups in total. The molecule has 0 aromatic heterocycles. The quantitative estimate of drug-likeness (QED) is 0.761. The summed E-state index contributed by atoms with van der Waals surface area (Å²) >= 11 is 6.11. The van der Waals surface area contributed by atoms with Crippen LogP contribution >= 0.6 is 11.6 Å². The fraction of sp³-hybridized carbons (Fsp3) is 0.600. The van der Waals surface area contributed by atoms with Gasteiger partial charge in [0.05, 0.1) is 12.9 Å². The molecule has 0 aliphatic heterocycles. The number of benzene rings is 1. The lowest BCUT2D eigenvalue weighted by atomic mass is 9.77. The van der Waals surface area contributed by atoms with Crippen LogP contribution in [0.2, 0.25) is 5.02 Å². The lowest BCUT2D eigenvalue weighted by Crippen LogP contribution is -2.16. The van der Waals surface area contributed by atoms with Gasteiger partial charge in [0.15, 0.2) is 0 Å². The van der Waals surface area contributed by atoms with Gasteiger partial charge in [-0.3, -0.25) is 4.18 Å². The molecule has 0 amide bonds. The van der Waals surface area contributed by atoms with Gasteiger partial charge in [-0.05, 0) is 61.6 Å².